The highest BCUT2D eigenvalue weighted by Gasteiger charge is 2.11. The molecule has 0 fully saturated rings. The molecule has 2 N–H and O–H groups in total. The number of sulfone groups is 1. The van der Waals surface area contributed by atoms with Crippen molar-refractivity contribution in [1.29, 1.82) is 0 Å². The molecule has 7 heteroatoms. The molecule has 0 saturated carbocycles. The largest absolute Gasteiger partial charge is 0.490 e. The number of hydrogen-bond acceptors (Lipinski definition) is 5. The number of nitrogens with two attached hydrogens (primary N) is 1. The minimum atomic E-state index is -3.04. The summed E-state index contributed by atoms with van der Waals surface area (Å²) in [6.07, 6.45) is 0. The Morgan fingerprint density at radius 2 is 1.95 bits per heavy atom. The Balaban J connectivity index is 2.81. The van der Waals surface area contributed by atoms with Gasteiger partial charge in [0.25, 0.3) is 0 Å². The molecular formula is C13H19NO4S2. The molecule has 20 heavy (non-hydrogen) atoms. The second-order valence-electron chi connectivity index (χ2n) is 4.04. The highest BCUT2D eigenvalue weighted by Crippen LogP contribution is 2.28. The van der Waals surface area contributed by atoms with Crippen molar-refractivity contribution in [1.82, 2.24) is 0 Å². The molecule has 0 bridgehead atoms. The SMILES string of the molecule is CCOc1cc(C(N)=S)ccc1OCCS(=O)(=O)CC. The van der Waals surface area contributed by atoms with Gasteiger partial charge in [-0.05, 0) is 25.1 Å². The van der Waals surface area contributed by atoms with Gasteiger partial charge in [0.1, 0.15) is 11.6 Å². The minimum absolute atomic E-state index is 0.0217. The monoisotopic (exact) mass is 317 g/mol. The number of benzene rings is 1. The van der Waals surface area contributed by atoms with Crippen molar-refractivity contribution in [2.75, 3.05) is 24.7 Å². The Labute approximate surface area is 125 Å². The second-order valence-corrected chi connectivity index (χ2v) is 6.96. The van der Waals surface area contributed by atoms with Gasteiger partial charge in [0.2, 0.25) is 0 Å². The summed E-state index contributed by atoms with van der Waals surface area (Å²) in [5.74, 6) is 1.08. The minimum Gasteiger partial charge on any atom is -0.490 e. The standard InChI is InChI=1S/C13H19NO4S2/c1-3-17-12-9-10(13(14)19)5-6-11(12)18-7-8-20(15,16)4-2/h5-6,9H,3-4,7-8H2,1-2H3,(H2,14,19). The molecule has 1 aromatic rings. The molecule has 0 spiro atoms. The summed E-state index contributed by atoms with van der Waals surface area (Å²) in [4.78, 5) is 0.270. The molecule has 1 rings (SSSR count). The molecule has 0 aliphatic rings. The van der Waals surface area contributed by atoms with Gasteiger partial charge in [0.05, 0.1) is 12.4 Å². The third-order valence-corrected chi connectivity index (χ3v) is 4.52. The molecule has 0 unspecified atom stereocenters. The maximum Gasteiger partial charge on any atom is 0.161 e. The summed E-state index contributed by atoms with van der Waals surface area (Å²) >= 11 is 4.90. The van der Waals surface area contributed by atoms with Gasteiger partial charge in [-0.25, -0.2) is 8.42 Å². The van der Waals surface area contributed by atoms with E-state index >= 15 is 0 Å². The summed E-state index contributed by atoms with van der Waals surface area (Å²) in [6.45, 7) is 4.00. The first-order valence-electron chi connectivity index (χ1n) is 6.29. The van der Waals surface area contributed by atoms with E-state index < -0.39 is 9.84 Å². The van der Waals surface area contributed by atoms with Crippen molar-refractivity contribution < 1.29 is 17.9 Å². The zero-order valence-corrected chi connectivity index (χ0v) is 13.2. The Kier molecular flexibility index (Phi) is 6.22. The van der Waals surface area contributed by atoms with Crippen LogP contribution in [0.15, 0.2) is 18.2 Å². The predicted octanol–water partition coefficient (Wildman–Crippen LogP) is 1.53. The third-order valence-electron chi connectivity index (χ3n) is 2.62. The predicted molar refractivity (Wildman–Crippen MR) is 83.3 cm³/mol. The van der Waals surface area contributed by atoms with E-state index in [4.69, 9.17) is 27.4 Å². The highest BCUT2D eigenvalue weighted by molar-refractivity contribution is 7.91. The van der Waals surface area contributed by atoms with Crippen LogP contribution in [-0.4, -0.2) is 38.1 Å². The van der Waals surface area contributed by atoms with Crippen LogP contribution in [0.25, 0.3) is 0 Å². The van der Waals surface area contributed by atoms with Crippen LogP contribution in [0.3, 0.4) is 0 Å². The zero-order valence-electron chi connectivity index (χ0n) is 11.6. The van der Waals surface area contributed by atoms with Crippen LogP contribution < -0.4 is 15.2 Å². The smallest absolute Gasteiger partial charge is 0.161 e. The molecule has 0 atom stereocenters. The van der Waals surface area contributed by atoms with Crippen LogP contribution in [0.1, 0.15) is 19.4 Å². The van der Waals surface area contributed by atoms with Crippen molar-refractivity contribution >= 4 is 27.0 Å². The molecule has 0 aliphatic carbocycles. The van der Waals surface area contributed by atoms with Crippen LogP contribution in [0.4, 0.5) is 0 Å². The molecule has 1 aromatic carbocycles. The van der Waals surface area contributed by atoms with Crippen LogP contribution in [0.2, 0.25) is 0 Å². The molecule has 0 aromatic heterocycles. The lowest BCUT2D eigenvalue weighted by Gasteiger charge is -2.13. The Hall–Kier alpha value is -1.34. The average Bonchev–Trinajstić information content (AvgIpc) is 2.40. The van der Waals surface area contributed by atoms with E-state index in [0.29, 0.717) is 23.7 Å². The van der Waals surface area contributed by atoms with Gasteiger partial charge in [0.15, 0.2) is 21.3 Å². The zero-order chi connectivity index (χ0) is 15.2. The van der Waals surface area contributed by atoms with Gasteiger partial charge >= 0.3 is 0 Å². The quantitative estimate of drug-likeness (QED) is 0.733. The van der Waals surface area contributed by atoms with Gasteiger partial charge in [-0.2, -0.15) is 0 Å². The van der Waals surface area contributed by atoms with E-state index in [1.165, 1.54) is 0 Å². The topological polar surface area (TPSA) is 78.6 Å². The number of ether oxygens (including phenoxy) is 2. The summed E-state index contributed by atoms with van der Waals surface area (Å²) in [5, 5.41) is 0. The van der Waals surface area contributed by atoms with Crippen LogP contribution >= 0.6 is 12.2 Å². The average molecular weight is 317 g/mol. The van der Waals surface area contributed by atoms with Gasteiger partial charge in [0, 0.05) is 11.3 Å². The lowest BCUT2D eigenvalue weighted by Crippen LogP contribution is -2.16. The highest BCUT2D eigenvalue weighted by atomic mass is 32.2. The fourth-order valence-corrected chi connectivity index (χ4v) is 2.22. The van der Waals surface area contributed by atoms with Crippen molar-refractivity contribution in [2.24, 2.45) is 5.73 Å². The summed E-state index contributed by atoms with van der Waals surface area (Å²) in [5.41, 5.74) is 6.24. The van der Waals surface area contributed by atoms with Gasteiger partial charge < -0.3 is 15.2 Å². The van der Waals surface area contributed by atoms with Crippen LogP contribution in [-0.2, 0) is 9.84 Å². The first-order chi connectivity index (χ1) is 9.39. The molecule has 0 saturated heterocycles. The molecule has 0 amide bonds. The van der Waals surface area contributed by atoms with Gasteiger partial charge in [-0.3, -0.25) is 0 Å². The molecule has 0 radical (unpaired) electrons. The van der Waals surface area contributed by atoms with Crippen LogP contribution in [0, 0.1) is 0 Å². The van der Waals surface area contributed by atoms with Gasteiger partial charge in [-0.15, -0.1) is 0 Å². The normalized spacial score (nSPS) is 11.1. The van der Waals surface area contributed by atoms with Crippen molar-refractivity contribution in [2.45, 2.75) is 13.8 Å². The van der Waals surface area contributed by atoms with Crippen molar-refractivity contribution in [3.63, 3.8) is 0 Å². The van der Waals surface area contributed by atoms with E-state index in [-0.39, 0.29) is 23.1 Å². The fourth-order valence-electron chi connectivity index (χ4n) is 1.47. The second kappa shape index (κ2) is 7.44. The number of hydrogen-bond donors (Lipinski definition) is 1. The molecule has 0 aliphatic heterocycles. The molecule has 112 valence electrons. The summed E-state index contributed by atoms with van der Waals surface area (Å²) < 4.78 is 33.7. The fraction of sp³-hybridized carbons (Fsp3) is 0.462. The van der Waals surface area contributed by atoms with E-state index in [0.717, 1.165) is 0 Å². The maximum absolute atomic E-state index is 11.4. The molecule has 0 heterocycles. The number of thiocarbonyl (C=S) groups is 1. The first kappa shape index (κ1) is 16.7. The summed E-state index contributed by atoms with van der Waals surface area (Å²) in [6, 6.07) is 5.09. The van der Waals surface area contributed by atoms with Crippen molar-refractivity contribution in [3.8, 4) is 11.5 Å². The van der Waals surface area contributed by atoms with E-state index in [1.54, 1.807) is 25.1 Å². The third kappa shape index (κ3) is 4.97. The van der Waals surface area contributed by atoms with E-state index in [2.05, 4.69) is 0 Å². The van der Waals surface area contributed by atoms with Crippen LogP contribution in [0.5, 0.6) is 11.5 Å². The first-order valence-corrected chi connectivity index (χ1v) is 8.52. The number of rotatable bonds is 8. The van der Waals surface area contributed by atoms with E-state index in [1.807, 2.05) is 6.92 Å². The molecular weight excluding hydrogens is 298 g/mol. The van der Waals surface area contributed by atoms with E-state index in [9.17, 15) is 8.42 Å². The lowest BCUT2D eigenvalue weighted by molar-refractivity contribution is 0.288. The Bertz CT molecular complexity index is 570. The Morgan fingerprint density at radius 3 is 2.50 bits per heavy atom. The summed E-state index contributed by atoms with van der Waals surface area (Å²) in [7, 11) is -3.04. The van der Waals surface area contributed by atoms with Crippen molar-refractivity contribution in [3.05, 3.63) is 23.8 Å². The van der Waals surface area contributed by atoms with Gasteiger partial charge in [-0.1, -0.05) is 19.1 Å². The lowest BCUT2D eigenvalue weighted by atomic mass is 10.2. The Morgan fingerprint density at radius 1 is 1.25 bits per heavy atom. The molecule has 5 nitrogen and oxygen atoms in total. The maximum atomic E-state index is 11.4.